The third-order valence-electron chi connectivity index (χ3n) is 2.74. The van der Waals surface area contributed by atoms with Crippen molar-refractivity contribution in [2.24, 2.45) is 0 Å². The average molecular weight is 292 g/mol. The van der Waals surface area contributed by atoms with Crippen LogP contribution in [0.2, 0.25) is 4.47 Å². The first-order chi connectivity index (χ1) is 9.24. The van der Waals surface area contributed by atoms with Crippen LogP contribution in [0.1, 0.15) is 16.5 Å². The van der Waals surface area contributed by atoms with Gasteiger partial charge in [0.05, 0.1) is 10.6 Å². The van der Waals surface area contributed by atoms with Crippen molar-refractivity contribution in [2.75, 3.05) is 0 Å². The van der Waals surface area contributed by atoms with Crippen LogP contribution >= 0.6 is 22.9 Å². The molecule has 0 aliphatic carbocycles. The molecule has 0 saturated carbocycles. The van der Waals surface area contributed by atoms with Gasteiger partial charge in [-0.1, -0.05) is 23.7 Å². The van der Waals surface area contributed by atoms with Crippen LogP contribution in [0.15, 0.2) is 48.9 Å². The maximum absolute atomic E-state index is 10.2. The molecular weight excluding hydrogens is 282 g/mol. The third kappa shape index (κ3) is 2.53. The van der Waals surface area contributed by atoms with Crippen molar-refractivity contribution in [3.63, 3.8) is 0 Å². The highest BCUT2D eigenvalue weighted by molar-refractivity contribution is 7.15. The van der Waals surface area contributed by atoms with Crippen LogP contribution in [0.3, 0.4) is 0 Å². The van der Waals surface area contributed by atoms with Gasteiger partial charge in [0.25, 0.3) is 0 Å². The molecule has 0 saturated heterocycles. The zero-order valence-corrected chi connectivity index (χ0v) is 11.3. The second-order valence-electron chi connectivity index (χ2n) is 3.96. The molecule has 1 aromatic carbocycles. The lowest BCUT2D eigenvalue weighted by atomic mass is 10.1. The molecule has 0 aliphatic heterocycles. The number of thiazole rings is 1. The van der Waals surface area contributed by atoms with E-state index >= 15 is 0 Å². The fraction of sp³-hybridized carbons (Fsp3) is 0.0769. The molecule has 0 bridgehead atoms. The number of aliphatic hydroxyl groups excluding tert-OH is 1. The summed E-state index contributed by atoms with van der Waals surface area (Å²) in [6.07, 6.45) is 4.49. The summed E-state index contributed by atoms with van der Waals surface area (Å²) in [5.41, 5.74) is 1.75. The number of benzene rings is 1. The molecule has 0 amide bonds. The molecule has 0 spiro atoms. The predicted molar refractivity (Wildman–Crippen MR) is 74.7 cm³/mol. The largest absolute Gasteiger partial charge is 0.383 e. The first kappa shape index (κ1) is 12.3. The van der Waals surface area contributed by atoms with E-state index in [2.05, 4.69) is 10.1 Å². The highest BCUT2D eigenvalue weighted by Crippen LogP contribution is 2.29. The molecule has 6 heteroatoms. The van der Waals surface area contributed by atoms with Crippen molar-refractivity contribution >= 4 is 22.9 Å². The van der Waals surface area contributed by atoms with Crippen molar-refractivity contribution < 1.29 is 5.11 Å². The van der Waals surface area contributed by atoms with Crippen molar-refractivity contribution in [3.8, 4) is 5.69 Å². The van der Waals surface area contributed by atoms with Crippen molar-refractivity contribution in [2.45, 2.75) is 6.10 Å². The van der Waals surface area contributed by atoms with Crippen LogP contribution < -0.4 is 0 Å². The van der Waals surface area contributed by atoms with E-state index in [1.54, 1.807) is 17.1 Å². The molecule has 96 valence electrons. The molecule has 2 aromatic heterocycles. The molecular formula is C13H10ClN3OS. The lowest BCUT2D eigenvalue weighted by Gasteiger charge is -2.09. The van der Waals surface area contributed by atoms with Crippen molar-refractivity contribution in [3.05, 3.63) is 63.8 Å². The standard InChI is InChI=1S/C13H10ClN3OS/c14-13-15-8-11(19-13)12(18)9-2-4-10(5-3-9)17-7-1-6-16-17/h1-8,12,18H. The van der Waals surface area contributed by atoms with Crippen molar-refractivity contribution in [1.82, 2.24) is 14.8 Å². The quantitative estimate of drug-likeness (QED) is 0.807. The first-order valence-corrected chi connectivity index (χ1v) is 6.83. The van der Waals surface area contributed by atoms with E-state index in [0.717, 1.165) is 16.1 Å². The van der Waals surface area contributed by atoms with E-state index in [4.69, 9.17) is 11.6 Å². The Labute approximate surface area is 118 Å². The van der Waals surface area contributed by atoms with E-state index in [0.29, 0.717) is 4.47 Å². The lowest BCUT2D eigenvalue weighted by Crippen LogP contribution is -1.99. The number of nitrogens with zero attached hydrogens (tertiary/aromatic N) is 3. The minimum Gasteiger partial charge on any atom is -0.383 e. The molecule has 19 heavy (non-hydrogen) atoms. The number of hydrogen-bond donors (Lipinski definition) is 1. The summed E-state index contributed by atoms with van der Waals surface area (Å²) in [6.45, 7) is 0. The van der Waals surface area contributed by atoms with Crippen LogP contribution in [0.5, 0.6) is 0 Å². The summed E-state index contributed by atoms with van der Waals surface area (Å²) in [4.78, 5) is 4.66. The van der Waals surface area contributed by atoms with Crippen LogP contribution in [-0.2, 0) is 0 Å². The van der Waals surface area contributed by atoms with Crippen molar-refractivity contribution in [1.29, 1.82) is 0 Å². The summed E-state index contributed by atoms with van der Waals surface area (Å²) in [5, 5.41) is 14.4. The van der Waals surface area contributed by atoms with E-state index in [9.17, 15) is 5.11 Å². The second kappa shape index (κ2) is 5.13. The Morgan fingerprint density at radius 1 is 1.26 bits per heavy atom. The smallest absolute Gasteiger partial charge is 0.183 e. The van der Waals surface area contributed by atoms with Gasteiger partial charge in [0.1, 0.15) is 6.10 Å². The zero-order chi connectivity index (χ0) is 13.2. The number of hydrogen-bond acceptors (Lipinski definition) is 4. The highest BCUT2D eigenvalue weighted by Gasteiger charge is 2.13. The fourth-order valence-electron chi connectivity index (χ4n) is 1.79. The molecule has 0 fully saturated rings. The lowest BCUT2D eigenvalue weighted by molar-refractivity contribution is 0.224. The van der Waals surface area contributed by atoms with E-state index in [1.165, 1.54) is 11.3 Å². The Morgan fingerprint density at radius 2 is 2.05 bits per heavy atom. The molecule has 1 N–H and O–H groups in total. The Morgan fingerprint density at radius 3 is 2.63 bits per heavy atom. The summed E-state index contributed by atoms with van der Waals surface area (Å²) < 4.78 is 2.20. The van der Waals surface area contributed by atoms with E-state index in [-0.39, 0.29) is 0 Å². The number of aliphatic hydroxyl groups is 1. The first-order valence-electron chi connectivity index (χ1n) is 5.63. The summed E-state index contributed by atoms with van der Waals surface area (Å²) in [7, 11) is 0. The predicted octanol–water partition coefficient (Wildman–Crippen LogP) is 3.06. The number of rotatable bonds is 3. The SMILES string of the molecule is OC(c1ccc(-n2cccn2)cc1)c1cnc(Cl)s1. The third-order valence-corrected chi connectivity index (χ3v) is 3.91. The Balaban J connectivity index is 1.86. The topological polar surface area (TPSA) is 50.9 Å². The monoisotopic (exact) mass is 291 g/mol. The maximum atomic E-state index is 10.2. The van der Waals surface area contributed by atoms with Gasteiger partial charge in [-0.05, 0) is 23.8 Å². The van der Waals surface area contributed by atoms with Gasteiger partial charge in [-0.25, -0.2) is 9.67 Å². The molecule has 2 heterocycles. The van der Waals surface area contributed by atoms with Gasteiger partial charge >= 0.3 is 0 Å². The second-order valence-corrected chi connectivity index (χ2v) is 5.60. The minimum atomic E-state index is -0.698. The Bertz CT molecular complexity index is 664. The van der Waals surface area contributed by atoms with Crippen LogP contribution in [-0.4, -0.2) is 19.9 Å². The minimum absolute atomic E-state index is 0.433. The van der Waals surface area contributed by atoms with Gasteiger partial charge in [-0.15, -0.1) is 11.3 Å². The van der Waals surface area contributed by atoms with Gasteiger partial charge in [-0.2, -0.15) is 5.10 Å². The van der Waals surface area contributed by atoms with Gasteiger partial charge in [0.2, 0.25) is 0 Å². The average Bonchev–Trinajstić information content (AvgIpc) is 3.09. The van der Waals surface area contributed by atoms with E-state index in [1.807, 2.05) is 36.5 Å². The summed E-state index contributed by atoms with van der Waals surface area (Å²) >= 11 is 7.05. The summed E-state index contributed by atoms with van der Waals surface area (Å²) in [5.74, 6) is 0. The normalized spacial score (nSPS) is 12.5. The van der Waals surface area contributed by atoms with Gasteiger partial charge in [0.15, 0.2) is 4.47 Å². The molecule has 0 aliphatic rings. The summed E-state index contributed by atoms with van der Waals surface area (Å²) in [6, 6.07) is 9.43. The fourth-order valence-corrected chi connectivity index (χ4v) is 2.75. The van der Waals surface area contributed by atoms with Gasteiger partial charge < -0.3 is 5.11 Å². The van der Waals surface area contributed by atoms with Crippen LogP contribution in [0, 0.1) is 0 Å². The highest BCUT2D eigenvalue weighted by atomic mass is 35.5. The molecule has 1 unspecified atom stereocenters. The van der Waals surface area contributed by atoms with Crippen LogP contribution in [0.4, 0.5) is 0 Å². The molecule has 0 radical (unpaired) electrons. The van der Waals surface area contributed by atoms with Gasteiger partial charge in [-0.3, -0.25) is 0 Å². The molecule has 1 atom stereocenters. The van der Waals surface area contributed by atoms with Gasteiger partial charge in [0, 0.05) is 18.6 Å². The number of aromatic nitrogens is 3. The Kier molecular flexibility index (Phi) is 3.33. The van der Waals surface area contributed by atoms with E-state index < -0.39 is 6.10 Å². The Hall–Kier alpha value is -1.69. The molecule has 3 aromatic rings. The zero-order valence-electron chi connectivity index (χ0n) is 9.77. The maximum Gasteiger partial charge on any atom is 0.183 e. The molecule has 4 nitrogen and oxygen atoms in total. The van der Waals surface area contributed by atoms with Crippen LogP contribution in [0.25, 0.3) is 5.69 Å². The number of halogens is 1. The molecule has 3 rings (SSSR count).